The van der Waals surface area contributed by atoms with Crippen LogP contribution in [0.2, 0.25) is 0 Å². The van der Waals surface area contributed by atoms with Crippen molar-refractivity contribution in [1.82, 2.24) is 4.31 Å². The van der Waals surface area contributed by atoms with E-state index in [-0.39, 0.29) is 17.3 Å². The minimum absolute atomic E-state index is 0.198. The monoisotopic (exact) mass is 305 g/mol. The summed E-state index contributed by atoms with van der Waals surface area (Å²) < 4.78 is 36.9. The van der Waals surface area contributed by atoms with E-state index >= 15 is 0 Å². The van der Waals surface area contributed by atoms with Gasteiger partial charge in [-0.15, -0.1) is 11.6 Å². The molecule has 0 atom stereocenters. The molecule has 1 aromatic rings. The van der Waals surface area contributed by atoms with E-state index in [2.05, 4.69) is 0 Å². The lowest BCUT2D eigenvalue weighted by atomic mass is 10.3. The first-order chi connectivity index (χ1) is 9.09. The summed E-state index contributed by atoms with van der Waals surface area (Å²) in [5, 5.41) is 0. The van der Waals surface area contributed by atoms with Gasteiger partial charge in [-0.1, -0.05) is 6.92 Å². The summed E-state index contributed by atoms with van der Waals surface area (Å²) in [5.41, 5.74) is 0. The van der Waals surface area contributed by atoms with Crippen LogP contribution in [0, 0.1) is 0 Å². The Kier molecular flexibility index (Phi) is 4.54. The molecule has 0 aromatic heterocycles. The highest BCUT2D eigenvalue weighted by molar-refractivity contribution is 7.89. The van der Waals surface area contributed by atoms with Gasteiger partial charge in [0.2, 0.25) is 10.0 Å². The van der Waals surface area contributed by atoms with Gasteiger partial charge < -0.3 is 9.47 Å². The van der Waals surface area contributed by atoms with Crippen LogP contribution < -0.4 is 9.47 Å². The quantitative estimate of drug-likeness (QED) is 0.777. The van der Waals surface area contributed by atoms with Crippen molar-refractivity contribution >= 4 is 21.6 Å². The number of hydrogen-bond acceptors (Lipinski definition) is 4. The van der Waals surface area contributed by atoms with Crippen molar-refractivity contribution in [3.63, 3.8) is 0 Å². The lowest BCUT2D eigenvalue weighted by Crippen LogP contribution is -2.32. The first-order valence-electron chi connectivity index (χ1n) is 6.05. The average Bonchev–Trinajstić information content (AvgIpc) is 2.44. The SMILES string of the molecule is CCN(CCCl)S(=O)(=O)c1ccc2c(c1)OCCO2. The maximum Gasteiger partial charge on any atom is 0.243 e. The van der Waals surface area contributed by atoms with Crippen molar-refractivity contribution in [3.8, 4) is 11.5 Å². The summed E-state index contributed by atoms with van der Waals surface area (Å²) in [6.45, 7) is 3.35. The van der Waals surface area contributed by atoms with Crippen LogP contribution in [0.1, 0.15) is 6.92 Å². The molecule has 1 aliphatic heterocycles. The number of fused-ring (bicyclic) bond motifs is 1. The molecule has 1 aromatic carbocycles. The Hall–Kier alpha value is -0.980. The number of halogens is 1. The van der Waals surface area contributed by atoms with E-state index in [0.717, 1.165) is 0 Å². The fourth-order valence-electron chi connectivity index (χ4n) is 1.88. The zero-order valence-electron chi connectivity index (χ0n) is 10.6. The van der Waals surface area contributed by atoms with E-state index in [1.165, 1.54) is 16.4 Å². The van der Waals surface area contributed by atoms with Crippen molar-refractivity contribution in [2.24, 2.45) is 0 Å². The number of nitrogens with zero attached hydrogens (tertiary/aromatic N) is 1. The normalized spacial score (nSPS) is 14.7. The molecular weight excluding hydrogens is 290 g/mol. The lowest BCUT2D eigenvalue weighted by molar-refractivity contribution is 0.171. The second kappa shape index (κ2) is 5.98. The molecule has 0 bridgehead atoms. The molecule has 0 amide bonds. The van der Waals surface area contributed by atoms with Gasteiger partial charge in [-0.2, -0.15) is 4.31 Å². The van der Waals surface area contributed by atoms with Crippen LogP contribution in [-0.2, 0) is 10.0 Å². The van der Waals surface area contributed by atoms with Gasteiger partial charge in [-0.3, -0.25) is 0 Å². The minimum Gasteiger partial charge on any atom is -0.486 e. The summed E-state index contributed by atoms with van der Waals surface area (Å²) in [6.07, 6.45) is 0. The predicted molar refractivity (Wildman–Crippen MR) is 72.6 cm³/mol. The molecule has 5 nitrogen and oxygen atoms in total. The van der Waals surface area contributed by atoms with Gasteiger partial charge in [0.15, 0.2) is 11.5 Å². The molecule has 106 valence electrons. The maximum atomic E-state index is 12.4. The number of alkyl halides is 1. The smallest absolute Gasteiger partial charge is 0.243 e. The second-order valence-corrected chi connectivity index (χ2v) is 6.31. The number of hydrogen-bond donors (Lipinski definition) is 0. The van der Waals surface area contributed by atoms with Crippen molar-refractivity contribution in [3.05, 3.63) is 18.2 Å². The molecule has 1 aliphatic rings. The molecule has 0 saturated heterocycles. The Labute approximate surface area is 118 Å². The van der Waals surface area contributed by atoms with E-state index in [1.54, 1.807) is 13.0 Å². The molecule has 0 unspecified atom stereocenters. The Bertz CT molecular complexity index is 547. The largest absolute Gasteiger partial charge is 0.486 e. The van der Waals surface area contributed by atoms with E-state index < -0.39 is 10.0 Å². The molecule has 0 radical (unpaired) electrons. The fourth-order valence-corrected chi connectivity index (χ4v) is 3.65. The highest BCUT2D eigenvalue weighted by Crippen LogP contribution is 2.33. The van der Waals surface area contributed by atoms with Gasteiger partial charge in [-0.05, 0) is 12.1 Å². The molecule has 0 aliphatic carbocycles. The number of benzene rings is 1. The molecular formula is C12H16ClNO4S. The summed E-state index contributed by atoms with van der Waals surface area (Å²) in [7, 11) is -3.53. The number of sulfonamides is 1. The van der Waals surface area contributed by atoms with Gasteiger partial charge in [0.05, 0.1) is 4.90 Å². The molecule has 1 heterocycles. The predicted octanol–water partition coefficient (Wildman–Crippen LogP) is 1.71. The first-order valence-corrected chi connectivity index (χ1v) is 8.03. The van der Waals surface area contributed by atoms with Crippen molar-refractivity contribution < 1.29 is 17.9 Å². The average molecular weight is 306 g/mol. The van der Waals surface area contributed by atoms with Gasteiger partial charge in [-0.25, -0.2) is 8.42 Å². The van der Waals surface area contributed by atoms with E-state index in [9.17, 15) is 8.42 Å². The minimum atomic E-state index is -3.53. The Morgan fingerprint density at radius 1 is 1.26 bits per heavy atom. The van der Waals surface area contributed by atoms with Gasteiger partial charge in [0.25, 0.3) is 0 Å². The van der Waals surface area contributed by atoms with Crippen LogP contribution in [0.3, 0.4) is 0 Å². The van der Waals surface area contributed by atoms with Crippen LogP contribution in [0.5, 0.6) is 11.5 Å². The lowest BCUT2D eigenvalue weighted by Gasteiger charge is -2.22. The van der Waals surface area contributed by atoms with E-state index in [4.69, 9.17) is 21.1 Å². The topological polar surface area (TPSA) is 55.8 Å². The molecule has 0 N–H and O–H groups in total. The molecule has 19 heavy (non-hydrogen) atoms. The van der Waals surface area contributed by atoms with Crippen LogP contribution in [0.4, 0.5) is 0 Å². The number of ether oxygens (including phenoxy) is 2. The fraction of sp³-hybridized carbons (Fsp3) is 0.500. The summed E-state index contributed by atoms with van der Waals surface area (Å²) in [4.78, 5) is 0.198. The Morgan fingerprint density at radius 3 is 2.58 bits per heavy atom. The Morgan fingerprint density at radius 2 is 1.95 bits per heavy atom. The zero-order valence-corrected chi connectivity index (χ0v) is 12.2. The zero-order chi connectivity index (χ0) is 13.9. The highest BCUT2D eigenvalue weighted by Gasteiger charge is 2.24. The van der Waals surface area contributed by atoms with Crippen LogP contribution in [-0.4, -0.2) is 44.9 Å². The third-order valence-electron chi connectivity index (χ3n) is 2.84. The van der Waals surface area contributed by atoms with Gasteiger partial charge in [0, 0.05) is 25.0 Å². The molecule has 0 spiro atoms. The van der Waals surface area contributed by atoms with Crippen molar-refractivity contribution in [1.29, 1.82) is 0 Å². The van der Waals surface area contributed by atoms with Crippen molar-refractivity contribution in [2.75, 3.05) is 32.2 Å². The van der Waals surface area contributed by atoms with E-state index in [1.807, 2.05) is 0 Å². The maximum absolute atomic E-state index is 12.4. The van der Waals surface area contributed by atoms with Gasteiger partial charge in [0.1, 0.15) is 13.2 Å². The third-order valence-corrected chi connectivity index (χ3v) is 4.98. The molecule has 0 fully saturated rings. The summed E-state index contributed by atoms with van der Waals surface area (Å²) >= 11 is 5.63. The standard InChI is InChI=1S/C12H16ClNO4S/c1-2-14(6-5-13)19(15,16)10-3-4-11-12(9-10)18-8-7-17-11/h3-4,9H,2,5-8H2,1H3. The van der Waals surface area contributed by atoms with Crippen molar-refractivity contribution in [2.45, 2.75) is 11.8 Å². The third kappa shape index (κ3) is 2.96. The second-order valence-electron chi connectivity index (χ2n) is 3.99. The first kappa shape index (κ1) is 14.4. The molecule has 7 heteroatoms. The number of rotatable bonds is 5. The van der Waals surface area contributed by atoms with Crippen LogP contribution in [0.15, 0.2) is 23.1 Å². The summed E-state index contributed by atoms with van der Waals surface area (Å²) in [6, 6.07) is 4.65. The molecule has 2 rings (SSSR count). The summed E-state index contributed by atoms with van der Waals surface area (Å²) in [5.74, 6) is 1.30. The van der Waals surface area contributed by atoms with Crippen LogP contribution in [0.25, 0.3) is 0 Å². The Balaban J connectivity index is 2.35. The molecule has 0 saturated carbocycles. The van der Waals surface area contributed by atoms with E-state index in [0.29, 0.717) is 31.3 Å². The highest BCUT2D eigenvalue weighted by atomic mass is 35.5. The van der Waals surface area contributed by atoms with Crippen LogP contribution >= 0.6 is 11.6 Å². The van der Waals surface area contributed by atoms with Gasteiger partial charge >= 0.3 is 0 Å².